The molecule has 3 aromatic carbocycles. The van der Waals surface area contributed by atoms with Gasteiger partial charge in [0, 0.05) is 13.1 Å². The van der Waals surface area contributed by atoms with E-state index in [0.29, 0.717) is 0 Å². The highest BCUT2D eigenvalue weighted by atomic mass is 35.5. The van der Waals surface area contributed by atoms with E-state index >= 15 is 0 Å². The number of rotatable bonds is 4. The van der Waals surface area contributed by atoms with Crippen molar-refractivity contribution in [3.05, 3.63) is 83.4 Å². The van der Waals surface area contributed by atoms with E-state index in [9.17, 15) is 0 Å². The summed E-state index contributed by atoms with van der Waals surface area (Å²) in [5.41, 5.74) is 3.99. The molecule has 0 unspecified atom stereocenters. The number of hydrogen-bond acceptors (Lipinski definition) is 1. The molecule has 3 rings (SSSR count). The molecule has 0 radical (unpaired) electrons. The van der Waals surface area contributed by atoms with Crippen molar-refractivity contribution in [2.75, 3.05) is 0 Å². The summed E-state index contributed by atoms with van der Waals surface area (Å²) in [5, 5.41) is 6.18. The van der Waals surface area contributed by atoms with Gasteiger partial charge in [0.05, 0.1) is 0 Å². The number of fused-ring (bicyclic) bond motifs is 1. The minimum absolute atomic E-state index is 0. The van der Waals surface area contributed by atoms with Gasteiger partial charge in [0.2, 0.25) is 0 Å². The summed E-state index contributed by atoms with van der Waals surface area (Å²) in [6.07, 6.45) is 0. The van der Waals surface area contributed by atoms with Crippen molar-refractivity contribution in [2.45, 2.75) is 20.0 Å². The van der Waals surface area contributed by atoms with E-state index in [1.165, 1.54) is 27.5 Å². The molecule has 0 saturated carbocycles. The smallest absolute Gasteiger partial charge is 0.0214 e. The van der Waals surface area contributed by atoms with Gasteiger partial charge in [-0.05, 0) is 28.8 Å². The minimum atomic E-state index is 0. The predicted molar refractivity (Wildman–Crippen MR) is 92.9 cm³/mol. The van der Waals surface area contributed by atoms with Gasteiger partial charge in [-0.25, -0.2) is 0 Å². The number of nitrogens with one attached hydrogen (secondary N) is 1. The first-order valence-corrected chi connectivity index (χ1v) is 7.06. The Hall–Kier alpha value is -1.83. The molecule has 0 saturated heterocycles. The summed E-state index contributed by atoms with van der Waals surface area (Å²) < 4.78 is 0. The second-order valence-electron chi connectivity index (χ2n) is 5.23. The zero-order valence-electron chi connectivity index (χ0n) is 12.2. The van der Waals surface area contributed by atoms with Crippen LogP contribution in [0.25, 0.3) is 10.8 Å². The van der Waals surface area contributed by atoms with E-state index in [4.69, 9.17) is 0 Å². The van der Waals surface area contributed by atoms with Crippen LogP contribution >= 0.6 is 12.4 Å². The minimum Gasteiger partial charge on any atom is -0.309 e. The maximum Gasteiger partial charge on any atom is 0.0214 e. The largest absolute Gasteiger partial charge is 0.309 e. The average molecular weight is 298 g/mol. The van der Waals surface area contributed by atoms with E-state index in [-0.39, 0.29) is 12.4 Å². The van der Waals surface area contributed by atoms with Gasteiger partial charge in [-0.15, -0.1) is 12.4 Å². The molecule has 108 valence electrons. The third kappa shape index (κ3) is 3.84. The monoisotopic (exact) mass is 297 g/mol. The molecule has 0 aliphatic rings. The molecule has 3 aromatic rings. The Morgan fingerprint density at radius 3 is 2.29 bits per heavy atom. The van der Waals surface area contributed by atoms with Crippen LogP contribution in [0.15, 0.2) is 66.7 Å². The molecule has 1 N–H and O–H groups in total. The highest BCUT2D eigenvalue weighted by molar-refractivity contribution is 5.85. The van der Waals surface area contributed by atoms with Crippen molar-refractivity contribution in [1.82, 2.24) is 5.32 Å². The zero-order chi connectivity index (χ0) is 13.8. The lowest BCUT2D eigenvalue weighted by Gasteiger charge is -2.08. The summed E-state index contributed by atoms with van der Waals surface area (Å²) >= 11 is 0. The summed E-state index contributed by atoms with van der Waals surface area (Å²) in [6, 6.07) is 23.7. The fourth-order valence-corrected chi connectivity index (χ4v) is 2.49. The van der Waals surface area contributed by atoms with Gasteiger partial charge in [0.25, 0.3) is 0 Å². The van der Waals surface area contributed by atoms with E-state index in [1.807, 2.05) is 0 Å². The Balaban J connectivity index is 0.00000161. The molecule has 0 aromatic heterocycles. The average Bonchev–Trinajstić information content (AvgIpc) is 2.49. The first-order valence-electron chi connectivity index (χ1n) is 7.06. The molecular weight excluding hydrogens is 278 g/mol. The Labute approximate surface area is 132 Å². The van der Waals surface area contributed by atoms with Crippen molar-refractivity contribution in [1.29, 1.82) is 0 Å². The Bertz CT molecular complexity index is 699. The Morgan fingerprint density at radius 2 is 1.48 bits per heavy atom. The summed E-state index contributed by atoms with van der Waals surface area (Å²) in [6.45, 7) is 3.92. The third-order valence-corrected chi connectivity index (χ3v) is 3.65. The SMILES string of the molecule is Cc1ccc(CNCc2cccc3ccccc23)cc1.Cl. The molecule has 0 spiro atoms. The van der Waals surface area contributed by atoms with Crippen LogP contribution in [0.5, 0.6) is 0 Å². The fourth-order valence-electron chi connectivity index (χ4n) is 2.49. The molecule has 0 bridgehead atoms. The molecule has 0 heterocycles. The Morgan fingerprint density at radius 1 is 0.762 bits per heavy atom. The quantitative estimate of drug-likeness (QED) is 0.725. The molecule has 21 heavy (non-hydrogen) atoms. The molecular formula is C19H20ClN. The van der Waals surface area contributed by atoms with Crippen molar-refractivity contribution < 1.29 is 0 Å². The van der Waals surface area contributed by atoms with E-state index < -0.39 is 0 Å². The lowest BCUT2D eigenvalue weighted by molar-refractivity contribution is 0.696. The number of aryl methyl sites for hydroxylation is 1. The van der Waals surface area contributed by atoms with Gasteiger partial charge in [0.15, 0.2) is 0 Å². The Kier molecular flexibility index (Phi) is 5.38. The molecule has 0 aliphatic heterocycles. The maximum atomic E-state index is 3.53. The number of hydrogen-bond donors (Lipinski definition) is 1. The summed E-state index contributed by atoms with van der Waals surface area (Å²) in [7, 11) is 0. The third-order valence-electron chi connectivity index (χ3n) is 3.65. The highest BCUT2D eigenvalue weighted by Crippen LogP contribution is 2.18. The van der Waals surface area contributed by atoms with Crippen molar-refractivity contribution in [3.63, 3.8) is 0 Å². The first-order chi connectivity index (χ1) is 9.83. The second-order valence-corrected chi connectivity index (χ2v) is 5.23. The van der Waals surface area contributed by atoms with Gasteiger partial charge in [-0.2, -0.15) is 0 Å². The molecule has 2 heteroatoms. The van der Waals surface area contributed by atoms with Crippen LogP contribution < -0.4 is 5.32 Å². The van der Waals surface area contributed by atoms with E-state index in [0.717, 1.165) is 13.1 Å². The van der Waals surface area contributed by atoms with Crippen LogP contribution in [0.3, 0.4) is 0 Å². The van der Waals surface area contributed by atoms with Crippen LogP contribution in [0.4, 0.5) is 0 Å². The zero-order valence-corrected chi connectivity index (χ0v) is 13.0. The van der Waals surface area contributed by atoms with Gasteiger partial charge < -0.3 is 5.32 Å². The molecule has 0 amide bonds. The molecule has 1 nitrogen and oxygen atoms in total. The topological polar surface area (TPSA) is 12.0 Å². The summed E-state index contributed by atoms with van der Waals surface area (Å²) in [5.74, 6) is 0. The van der Waals surface area contributed by atoms with Crippen LogP contribution in [0, 0.1) is 6.92 Å². The molecule has 0 atom stereocenters. The van der Waals surface area contributed by atoms with Crippen LogP contribution in [-0.2, 0) is 13.1 Å². The van der Waals surface area contributed by atoms with E-state index in [1.54, 1.807) is 0 Å². The fraction of sp³-hybridized carbons (Fsp3) is 0.158. The first kappa shape index (κ1) is 15.6. The highest BCUT2D eigenvalue weighted by Gasteiger charge is 2.00. The predicted octanol–water partition coefficient (Wildman–Crippen LogP) is 4.86. The lowest BCUT2D eigenvalue weighted by Crippen LogP contribution is -2.12. The number of benzene rings is 3. The van der Waals surface area contributed by atoms with Gasteiger partial charge in [-0.3, -0.25) is 0 Å². The van der Waals surface area contributed by atoms with Gasteiger partial charge in [-0.1, -0.05) is 72.3 Å². The van der Waals surface area contributed by atoms with Gasteiger partial charge in [0.1, 0.15) is 0 Å². The standard InChI is InChI=1S/C19H19N.ClH/c1-15-9-11-16(12-10-15)13-20-14-18-7-4-6-17-5-2-3-8-19(17)18;/h2-12,20H,13-14H2,1H3;1H. The normalized spacial score (nSPS) is 10.3. The van der Waals surface area contributed by atoms with Crippen LogP contribution in [-0.4, -0.2) is 0 Å². The lowest BCUT2D eigenvalue weighted by atomic mass is 10.0. The summed E-state index contributed by atoms with van der Waals surface area (Å²) in [4.78, 5) is 0. The maximum absolute atomic E-state index is 3.53. The second kappa shape index (κ2) is 7.26. The molecule has 0 fully saturated rings. The van der Waals surface area contributed by atoms with Gasteiger partial charge >= 0.3 is 0 Å². The molecule has 0 aliphatic carbocycles. The van der Waals surface area contributed by atoms with E-state index in [2.05, 4.69) is 79.0 Å². The van der Waals surface area contributed by atoms with Crippen LogP contribution in [0.1, 0.15) is 16.7 Å². The van der Waals surface area contributed by atoms with Crippen molar-refractivity contribution in [2.24, 2.45) is 0 Å². The van der Waals surface area contributed by atoms with Crippen LogP contribution in [0.2, 0.25) is 0 Å². The number of halogens is 1. The van der Waals surface area contributed by atoms with Crippen molar-refractivity contribution in [3.8, 4) is 0 Å². The van der Waals surface area contributed by atoms with Crippen molar-refractivity contribution >= 4 is 23.2 Å².